The maximum absolute atomic E-state index is 12.0. The minimum atomic E-state index is -0.552. The number of hydrazine groups is 1. The first-order valence-electron chi connectivity index (χ1n) is 5.74. The molecule has 0 fully saturated rings. The molecule has 0 unspecified atom stereocenters. The van der Waals surface area contributed by atoms with Crippen LogP contribution in [0.1, 0.15) is 10.4 Å². The first-order chi connectivity index (χ1) is 9.99. The minimum absolute atomic E-state index is 0.153. The van der Waals surface area contributed by atoms with Crippen LogP contribution >= 0.6 is 23.2 Å². The van der Waals surface area contributed by atoms with Gasteiger partial charge >= 0.3 is 0 Å². The Morgan fingerprint density at radius 3 is 2.52 bits per heavy atom. The number of halogens is 2. The summed E-state index contributed by atoms with van der Waals surface area (Å²) in [5.41, 5.74) is 5.07. The van der Waals surface area contributed by atoms with Crippen molar-refractivity contribution >= 4 is 40.5 Å². The third-order valence-corrected chi connectivity index (χ3v) is 3.14. The SMILES string of the molecule is O=C(NNc1ccccc1[N+](=O)[O-])c1ccc(Cl)cc1Cl. The highest BCUT2D eigenvalue weighted by molar-refractivity contribution is 6.36. The van der Waals surface area contributed by atoms with Crippen molar-refractivity contribution < 1.29 is 9.72 Å². The first-order valence-corrected chi connectivity index (χ1v) is 6.49. The molecular formula is C13H9Cl2N3O3. The second-order valence-electron chi connectivity index (χ2n) is 3.98. The van der Waals surface area contributed by atoms with Crippen molar-refractivity contribution in [1.82, 2.24) is 5.43 Å². The van der Waals surface area contributed by atoms with Crippen molar-refractivity contribution in [1.29, 1.82) is 0 Å². The molecule has 0 bridgehead atoms. The molecule has 0 atom stereocenters. The Hall–Kier alpha value is -2.31. The molecule has 0 aromatic heterocycles. The second kappa shape index (κ2) is 6.43. The van der Waals surface area contributed by atoms with E-state index in [1.807, 2.05) is 0 Å². The number of carbonyl (C=O) groups is 1. The molecule has 2 rings (SSSR count). The maximum atomic E-state index is 12.0. The fourth-order valence-corrected chi connectivity index (χ4v) is 2.10. The van der Waals surface area contributed by atoms with Crippen LogP contribution in [-0.2, 0) is 0 Å². The van der Waals surface area contributed by atoms with Gasteiger partial charge in [0.1, 0.15) is 5.69 Å². The molecule has 0 aliphatic rings. The lowest BCUT2D eigenvalue weighted by Crippen LogP contribution is -2.29. The summed E-state index contributed by atoms with van der Waals surface area (Å²) in [6, 6.07) is 10.3. The summed E-state index contributed by atoms with van der Waals surface area (Å²) < 4.78 is 0. The van der Waals surface area contributed by atoms with Gasteiger partial charge < -0.3 is 0 Å². The van der Waals surface area contributed by atoms with Crippen molar-refractivity contribution in [3.63, 3.8) is 0 Å². The van der Waals surface area contributed by atoms with Crippen molar-refractivity contribution in [3.05, 3.63) is 68.2 Å². The highest BCUT2D eigenvalue weighted by Crippen LogP contribution is 2.23. The Balaban J connectivity index is 2.13. The highest BCUT2D eigenvalue weighted by Gasteiger charge is 2.14. The molecule has 2 N–H and O–H groups in total. The van der Waals surface area contributed by atoms with E-state index in [4.69, 9.17) is 23.2 Å². The zero-order valence-electron chi connectivity index (χ0n) is 10.5. The van der Waals surface area contributed by atoms with Crippen LogP contribution in [0, 0.1) is 10.1 Å². The van der Waals surface area contributed by atoms with Crippen molar-refractivity contribution in [2.75, 3.05) is 5.43 Å². The molecule has 8 heteroatoms. The Morgan fingerprint density at radius 1 is 1.14 bits per heavy atom. The van der Waals surface area contributed by atoms with Gasteiger partial charge in [-0.25, -0.2) is 0 Å². The predicted molar refractivity (Wildman–Crippen MR) is 80.6 cm³/mol. The normalized spacial score (nSPS) is 10.0. The molecule has 0 spiro atoms. The molecule has 0 saturated carbocycles. The number of nitro groups is 1. The molecular weight excluding hydrogens is 317 g/mol. The van der Waals surface area contributed by atoms with Crippen LogP contribution in [0.4, 0.5) is 11.4 Å². The van der Waals surface area contributed by atoms with E-state index >= 15 is 0 Å². The molecule has 0 aliphatic heterocycles. The number of nitrogens with one attached hydrogen (secondary N) is 2. The van der Waals surface area contributed by atoms with Gasteiger partial charge in [-0.05, 0) is 24.3 Å². The Kier molecular flexibility index (Phi) is 4.62. The number of hydrogen-bond acceptors (Lipinski definition) is 4. The molecule has 0 heterocycles. The van der Waals surface area contributed by atoms with E-state index in [1.165, 1.54) is 36.4 Å². The van der Waals surface area contributed by atoms with Crippen molar-refractivity contribution in [2.24, 2.45) is 0 Å². The van der Waals surface area contributed by atoms with E-state index in [0.29, 0.717) is 5.02 Å². The van der Waals surface area contributed by atoms with Crippen LogP contribution in [0.3, 0.4) is 0 Å². The van der Waals surface area contributed by atoms with Gasteiger partial charge in [-0.1, -0.05) is 35.3 Å². The number of amides is 1. The molecule has 108 valence electrons. The second-order valence-corrected chi connectivity index (χ2v) is 4.82. The molecule has 2 aromatic rings. The third-order valence-electron chi connectivity index (χ3n) is 2.59. The number of rotatable bonds is 4. The van der Waals surface area contributed by atoms with Gasteiger partial charge in [0, 0.05) is 11.1 Å². The van der Waals surface area contributed by atoms with Gasteiger partial charge in [-0.3, -0.25) is 25.8 Å². The van der Waals surface area contributed by atoms with Crippen LogP contribution in [0.25, 0.3) is 0 Å². The van der Waals surface area contributed by atoms with Crippen LogP contribution in [-0.4, -0.2) is 10.8 Å². The average Bonchev–Trinajstić information content (AvgIpc) is 2.45. The monoisotopic (exact) mass is 325 g/mol. The summed E-state index contributed by atoms with van der Waals surface area (Å²) in [6.07, 6.45) is 0. The van der Waals surface area contributed by atoms with Gasteiger partial charge in [0.2, 0.25) is 0 Å². The maximum Gasteiger partial charge on any atom is 0.294 e. The van der Waals surface area contributed by atoms with E-state index in [0.717, 1.165) is 0 Å². The van der Waals surface area contributed by atoms with Gasteiger partial charge in [0.15, 0.2) is 0 Å². The third kappa shape index (κ3) is 3.62. The first kappa shape index (κ1) is 15.1. The number of carbonyl (C=O) groups excluding carboxylic acids is 1. The van der Waals surface area contributed by atoms with Crippen LogP contribution in [0.2, 0.25) is 10.0 Å². The van der Waals surface area contributed by atoms with Gasteiger partial charge in [-0.2, -0.15) is 0 Å². The fourth-order valence-electron chi connectivity index (χ4n) is 1.60. The molecule has 2 aromatic carbocycles. The summed E-state index contributed by atoms with van der Waals surface area (Å²) in [7, 11) is 0. The zero-order valence-corrected chi connectivity index (χ0v) is 12.0. The summed E-state index contributed by atoms with van der Waals surface area (Å²) in [5.74, 6) is -0.533. The average molecular weight is 326 g/mol. The van der Waals surface area contributed by atoms with E-state index in [2.05, 4.69) is 10.9 Å². The van der Waals surface area contributed by atoms with Crippen molar-refractivity contribution in [3.8, 4) is 0 Å². The molecule has 1 amide bonds. The molecule has 0 radical (unpaired) electrons. The Labute approximate surface area is 129 Å². The standard InChI is InChI=1S/C13H9Cl2N3O3/c14-8-5-6-9(10(15)7-8)13(19)17-16-11-3-1-2-4-12(11)18(20)21/h1-7,16H,(H,17,19). The van der Waals surface area contributed by atoms with E-state index in [9.17, 15) is 14.9 Å². The lowest BCUT2D eigenvalue weighted by molar-refractivity contribution is -0.384. The number of nitro benzene ring substituents is 1. The number of para-hydroxylation sites is 2. The van der Waals surface area contributed by atoms with Gasteiger partial charge in [0.05, 0.1) is 15.5 Å². The largest absolute Gasteiger partial charge is 0.294 e. The predicted octanol–water partition coefficient (Wildman–Crippen LogP) is 3.66. The number of anilines is 1. The van der Waals surface area contributed by atoms with Gasteiger partial charge in [-0.15, -0.1) is 0 Å². The smallest absolute Gasteiger partial charge is 0.292 e. The quantitative estimate of drug-likeness (QED) is 0.663. The summed E-state index contributed by atoms with van der Waals surface area (Å²) in [5, 5.41) is 11.4. The molecule has 6 nitrogen and oxygen atoms in total. The highest BCUT2D eigenvalue weighted by atomic mass is 35.5. The van der Waals surface area contributed by atoms with Crippen LogP contribution < -0.4 is 10.9 Å². The molecule has 0 saturated heterocycles. The Morgan fingerprint density at radius 2 is 1.86 bits per heavy atom. The minimum Gasteiger partial charge on any atom is -0.292 e. The molecule has 0 aliphatic carbocycles. The van der Waals surface area contributed by atoms with Crippen molar-refractivity contribution in [2.45, 2.75) is 0 Å². The number of hydrogen-bond donors (Lipinski definition) is 2. The summed E-state index contributed by atoms with van der Waals surface area (Å²) >= 11 is 11.7. The van der Waals surface area contributed by atoms with Crippen LogP contribution in [0.15, 0.2) is 42.5 Å². The summed E-state index contributed by atoms with van der Waals surface area (Å²) in [4.78, 5) is 22.3. The van der Waals surface area contributed by atoms with E-state index in [1.54, 1.807) is 6.07 Å². The van der Waals surface area contributed by atoms with E-state index in [-0.39, 0.29) is 22.0 Å². The zero-order chi connectivity index (χ0) is 15.4. The topological polar surface area (TPSA) is 84.3 Å². The number of nitrogens with zero attached hydrogens (tertiary/aromatic N) is 1. The number of benzene rings is 2. The lowest BCUT2D eigenvalue weighted by Gasteiger charge is -2.09. The van der Waals surface area contributed by atoms with E-state index < -0.39 is 10.8 Å². The summed E-state index contributed by atoms with van der Waals surface area (Å²) in [6.45, 7) is 0. The van der Waals surface area contributed by atoms with Crippen LogP contribution in [0.5, 0.6) is 0 Å². The van der Waals surface area contributed by atoms with Gasteiger partial charge in [0.25, 0.3) is 11.6 Å². The fraction of sp³-hybridized carbons (Fsp3) is 0. The lowest BCUT2D eigenvalue weighted by atomic mass is 10.2. The Bertz CT molecular complexity index is 707. The molecule has 21 heavy (non-hydrogen) atoms.